The molecule has 4 rings (SSSR count). The van der Waals surface area contributed by atoms with Crippen LogP contribution in [-0.2, 0) is 11.2 Å². The van der Waals surface area contributed by atoms with E-state index in [-0.39, 0.29) is 5.91 Å². The standard InChI is InChI=1S/C19H19N3OS/c20-11-14-3-1-2-4-16(14)21-18(23)12-22-9-7-17-15(8-10-24-17)19(22)13-5-6-13/h1-4,8,10,13,19H,5-7,9,12H2,(H,21,23)/p+1/t19-/m0/s1. The minimum absolute atomic E-state index is 0.00275. The summed E-state index contributed by atoms with van der Waals surface area (Å²) in [6.45, 7) is 1.48. The molecule has 2 atom stereocenters. The van der Waals surface area contributed by atoms with Crippen LogP contribution < -0.4 is 10.2 Å². The van der Waals surface area contributed by atoms with Crippen molar-refractivity contribution in [2.24, 2.45) is 5.92 Å². The molecular formula is C19H20N3OS+. The lowest BCUT2D eigenvalue weighted by atomic mass is 9.96. The van der Waals surface area contributed by atoms with Crippen LogP contribution in [0, 0.1) is 17.2 Å². The molecule has 4 nitrogen and oxygen atoms in total. The molecule has 1 unspecified atom stereocenters. The van der Waals surface area contributed by atoms with Gasteiger partial charge in [0.15, 0.2) is 6.54 Å². The van der Waals surface area contributed by atoms with Crippen molar-refractivity contribution in [3.63, 3.8) is 0 Å². The van der Waals surface area contributed by atoms with Crippen molar-refractivity contribution in [3.05, 3.63) is 51.7 Å². The minimum Gasteiger partial charge on any atom is -0.320 e. The number of nitrogens with one attached hydrogen (secondary N) is 2. The van der Waals surface area contributed by atoms with Crippen molar-refractivity contribution in [1.29, 1.82) is 5.26 Å². The highest BCUT2D eigenvalue weighted by atomic mass is 32.1. The number of hydrogen-bond acceptors (Lipinski definition) is 3. The van der Waals surface area contributed by atoms with E-state index < -0.39 is 0 Å². The summed E-state index contributed by atoms with van der Waals surface area (Å²) in [6, 6.07) is 12.0. The quantitative estimate of drug-likeness (QED) is 0.897. The topological polar surface area (TPSA) is 57.3 Å². The summed E-state index contributed by atoms with van der Waals surface area (Å²) < 4.78 is 0. The number of benzene rings is 1. The second kappa shape index (κ2) is 6.39. The Labute approximate surface area is 145 Å². The number of para-hydroxylation sites is 1. The van der Waals surface area contributed by atoms with E-state index in [0.717, 1.165) is 18.9 Å². The van der Waals surface area contributed by atoms with Gasteiger partial charge < -0.3 is 10.2 Å². The van der Waals surface area contributed by atoms with Crippen molar-refractivity contribution >= 4 is 22.9 Å². The summed E-state index contributed by atoms with van der Waals surface area (Å²) in [5, 5.41) is 14.3. The summed E-state index contributed by atoms with van der Waals surface area (Å²) >= 11 is 1.85. The monoisotopic (exact) mass is 338 g/mol. The maximum atomic E-state index is 12.5. The van der Waals surface area contributed by atoms with Crippen molar-refractivity contribution in [3.8, 4) is 6.07 Å². The fourth-order valence-electron chi connectivity index (χ4n) is 3.79. The number of thiophene rings is 1. The number of carbonyl (C=O) groups is 1. The highest BCUT2D eigenvalue weighted by Gasteiger charge is 2.43. The molecule has 0 bridgehead atoms. The lowest BCUT2D eigenvalue weighted by Gasteiger charge is -2.32. The summed E-state index contributed by atoms with van der Waals surface area (Å²) in [5.41, 5.74) is 2.59. The molecule has 122 valence electrons. The van der Waals surface area contributed by atoms with Gasteiger partial charge in [-0.25, -0.2) is 0 Å². The van der Waals surface area contributed by atoms with Crippen LogP contribution in [0.5, 0.6) is 0 Å². The van der Waals surface area contributed by atoms with E-state index in [0.29, 0.717) is 23.8 Å². The fourth-order valence-corrected chi connectivity index (χ4v) is 4.72. The Kier molecular flexibility index (Phi) is 4.09. The first kappa shape index (κ1) is 15.4. The number of carbonyl (C=O) groups excluding carboxylic acids is 1. The number of anilines is 1. The maximum absolute atomic E-state index is 12.5. The van der Waals surface area contributed by atoms with Gasteiger partial charge in [0.1, 0.15) is 12.1 Å². The fraction of sp³-hybridized carbons (Fsp3) is 0.368. The third-order valence-electron chi connectivity index (χ3n) is 5.03. The van der Waals surface area contributed by atoms with Gasteiger partial charge in [-0.3, -0.25) is 4.79 Å². The van der Waals surface area contributed by atoms with Gasteiger partial charge >= 0.3 is 0 Å². The normalized spacial score (nSPS) is 22.5. The van der Waals surface area contributed by atoms with Crippen molar-refractivity contribution in [1.82, 2.24) is 0 Å². The van der Waals surface area contributed by atoms with Gasteiger partial charge in [-0.15, -0.1) is 11.3 Å². The van der Waals surface area contributed by atoms with Crippen LogP contribution in [0.15, 0.2) is 35.7 Å². The molecule has 1 saturated carbocycles. The third kappa shape index (κ3) is 2.95. The maximum Gasteiger partial charge on any atom is 0.279 e. The molecule has 1 amide bonds. The first-order valence-electron chi connectivity index (χ1n) is 8.46. The van der Waals surface area contributed by atoms with Gasteiger partial charge in [0, 0.05) is 22.8 Å². The highest BCUT2D eigenvalue weighted by Crippen LogP contribution is 2.42. The van der Waals surface area contributed by atoms with E-state index in [2.05, 4.69) is 22.8 Å². The summed E-state index contributed by atoms with van der Waals surface area (Å²) in [5.74, 6) is 0.727. The molecule has 1 aliphatic carbocycles. The van der Waals surface area contributed by atoms with E-state index in [1.54, 1.807) is 12.1 Å². The van der Waals surface area contributed by atoms with Crippen LogP contribution in [-0.4, -0.2) is 19.0 Å². The molecule has 1 fully saturated rings. The van der Waals surface area contributed by atoms with Gasteiger partial charge in [-0.1, -0.05) is 12.1 Å². The van der Waals surface area contributed by atoms with Gasteiger partial charge in [0.05, 0.1) is 17.8 Å². The van der Waals surface area contributed by atoms with Crippen LogP contribution in [0.25, 0.3) is 0 Å². The minimum atomic E-state index is -0.00275. The zero-order valence-electron chi connectivity index (χ0n) is 13.4. The Morgan fingerprint density at radius 1 is 1.33 bits per heavy atom. The van der Waals surface area contributed by atoms with E-state index in [1.165, 1.54) is 28.2 Å². The van der Waals surface area contributed by atoms with Crippen LogP contribution in [0.4, 0.5) is 5.69 Å². The Morgan fingerprint density at radius 3 is 2.96 bits per heavy atom. The number of hydrogen-bond donors (Lipinski definition) is 2. The second-order valence-corrected chi connectivity index (χ2v) is 7.66. The molecule has 1 aromatic carbocycles. The van der Waals surface area contributed by atoms with Gasteiger partial charge in [0.25, 0.3) is 5.91 Å². The molecule has 5 heteroatoms. The zero-order chi connectivity index (χ0) is 16.5. The predicted octanol–water partition coefficient (Wildman–Crippen LogP) is 2.15. The number of rotatable bonds is 4. The average molecular weight is 338 g/mol. The number of nitrogens with zero attached hydrogens (tertiary/aromatic N) is 1. The molecule has 24 heavy (non-hydrogen) atoms. The van der Waals surface area contributed by atoms with E-state index >= 15 is 0 Å². The molecule has 2 N–H and O–H groups in total. The lowest BCUT2D eigenvalue weighted by Crippen LogP contribution is -3.14. The predicted molar refractivity (Wildman–Crippen MR) is 94.0 cm³/mol. The van der Waals surface area contributed by atoms with Crippen molar-refractivity contribution in [2.45, 2.75) is 25.3 Å². The van der Waals surface area contributed by atoms with Gasteiger partial charge in [-0.05, 0) is 36.4 Å². The summed E-state index contributed by atoms with van der Waals surface area (Å²) in [6.07, 6.45) is 3.62. The summed E-state index contributed by atoms with van der Waals surface area (Å²) in [4.78, 5) is 15.4. The molecule has 2 aliphatic rings. The van der Waals surface area contributed by atoms with Crippen LogP contribution in [0.2, 0.25) is 0 Å². The first-order chi connectivity index (χ1) is 11.8. The van der Waals surface area contributed by atoms with E-state index in [4.69, 9.17) is 5.26 Å². The van der Waals surface area contributed by atoms with Crippen molar-refractivity contribution in [2.75, 3.05) is 18.4 Å². The van der Waals surface area contributed by atoms with Crippen LogP contribution >= 0.6 is 11.3 Å². The lowest BCUT2D eigenvalue weighted by molar-refractivity contribution is -0.928. The van der Waals surface area contributed by atoms with Gasteiger partial charge in [0.2, 0.25) is 0 Å². The summed E-state index contributed by atoms with van der Waals surface area (Å²) in [7, 11) is 0. The van der Waals surface area contributed by atoms with E-state index in [1.807, 2.05) is 23.5 Å². The number of fused-ring (bicyclic) bond motifs is 1. The largest absolute Gasteiger partial charge is 0.320 e. The average Bonchev–Trinajstić information content (AvgIpc) is 3.31. The number of amides is 1. The van der Waals surface area contributed by atoms with Crippen LogP contribution in [0.1, 0.15) is 34.9 Å². The molecule has 2 heterocycles. The molecule has 0 radical (unpaired) electrons. The van der Waals surface area contributed by atoms with Crippen LogP contribution in [0.3, 0.4) is 0 Å². The van der Waals surface area contributed by atoms with E-state index in [9.17, 15) is 4.79 Å². The smallest absolute Gasteiger partial charge is 0.279 e. The number of quaternary nitrogens is 1. The highest BCUT2D eigenvalue weighted by molar-refractivity contribution is 7.10. The second-order valence-electron chi connectivity index (χ2n) is 6.65. The Hall–Kier alpha value is -2.16. The van der Waals surface area contributed by atoms with Crippen molar-refractivity contribution < 1.29 is 9.69 Å². The zero-order valence-corrected chi connectivity index (χ0v) is 14.2. The Morgan fingerprint density at radius 2 is 2.17 bits per heavy atom. The molecule has 0 saturated heterocycles. The SMILES string of the molecule is N#Cc1ccccc1NC(=O)C[NH+]1CCc2sccc2[C@@H]1C1CC1. The molecule has 1 aromatic heterocycles. The first-order valence-corrected chi connectivity index (χ1v) is 9.34. The third-order valence-corrected chi connectivity index (χ3v) is 6.03. The Bertz CT molecular complexity index is 803. The molecular weight excluding hydrogens is 318 g/mol. The molecule has 0 spiro atoms. The van der Waals surface area contributed by atoms with Gasteiger partial charge in [-0.2, -0.15) is 5.26 Å². The number of nitriles is 1. The molecule has 1 aliphatic heterocycles. The molecule has 2 aromatic rings. The Balaban J connectivity index is 1.48.